The van der Waals surface area contributed by atoms with E-state index in [-0.39, 0.29) is 31.8 Å². The van der Waals surface area contributed by atoms with Crippen molar-refractivity contribution in [2.75, 3.05) is 51.8 Å². The van der Waals surface area contributed by atoms with E-state index in [0.29, 0.717) is 36.3 Å². The third-order valence-corrected chi connectivity index (χ3v) is 7.97. The van der Waals surface area contributed by atoms with Gasteiger partial charge >= 0.3 is 18.2 Å². The first-order valence-electron chi connectivity index (χ1n) is 17.7. The Morgan fingerprint density at radius 3 is 1.40 bits per heavy atom. The van der Waals surface area contributed by atoms with E-state index >= 15 is 0 Å². The van der Waals surface area contributed by atoms with Gasteiger partial charge in [0.2, 0.25) is 11.9 Å². The highest BCUT2D eigenvalue weighted by Crippen LogP contribution is 2.18. The van der Waals surface area contributed by atoms with Gasteiger partial charge in [-0.05, 0) is 96.5 Å². The Kier molecular flexibility index (Phi) is 14.4. The summed E-state index contributed by atoms with van der Waals surface area (Å²) >= 11 is 0. The number of benzene rings is 4. The first-order valence-corrected chi connectivity index (χ1v) is 17.7. The summed E-state index contributed by atoms with van der Waals surface area (Å²) in [5, 5.41) is 33.6. The number of hydrogen-bond acceptors (Lipinski definition) is 12. The van der Waals surface area contributed by atoms with Crippen molar-refractivity contribution in [2.24, 2.45) is 0 Å². The molecular weight excluding hydrogens is 736 g/mol. The summed E-state index contributed by atoms with van der Waals surface area (Å²) in [6.45, 7) is 0.540. The Morgan fingerprint density at radius 1 is 0.509 bits per heavy atom. The number of carbonyl (C=O) groups is 3. The first kappa shape index (κ1) is 39.3. The summed E-state index contributed by atoms with van der Waals surface area (Å²) < 4.78 is 5.26. The van der Waals surface area contributed by atoms with Crippen molar-refractivity contribution in [2.45, 2.75) is 25.7 Å². The molecule has 6 rings (SSSR count). The minimum Gasteiger partial charge on any atom is -0.449 e. The second-order valence-corrected chi connectivity index (χ2v) is 12.3. The highest BCUT2D eigenvalue weighted by molar-refractivity contribution is 5.99. The molecule has 0 aliphatic carbocycles. The van der Waals surface area contributed by atoms with Crippen LogP contribution in [0.3, 0.4) is 0 Å². The monoisotopic (exact) mass is 776 g/mol. The zero-order valence-electron chi connectivity index (χ0n) is 30.5. The van der Waals surface area contributed by atoms with Crippen LogP contribution in [0.15, 0.2) is 110 Å². The van der Waals surface area contributed by atoms with Gasteiger partial charge in [0.25, 0.3) is 0 Å². The van der Waals surface area contributed by atoms with E-state index in [1.807, 2.05) is 97.1 Å². The van der Waals surface area contributed by atoms with E-state index in [4.69, 9.17) is 19.6 Å². The van der Waals surface area contributed by atoms with E-state index in [2.05, 4.69) is 62.3 Å². The third kappa shape index (κ3) is 13.8. The first-order chi connectivity index (χ1) is 27.9. The number of urea groups is 2. The SMILES string of the molecule is O=C(Nc1ccc(Cc2ccc(NCOOOCCCCOC(=O)Nc3ccc(Cc4ccc(NC(=O)Nc5ncn[nH]5)cc4)cc3)cc2)cc1)Nc1ncn[nH]1. The molecule has 8 N–H and O–H groups in total. The largest absolute Gasteiger partial charge is 0.449 e. The molecule has 0 saturated heterocycles. The zero-order chi connectivity index (χ0) is 39.5. The molecule has 0 aliphatic heterocycles. The number of anilines is 6. The molecule has 0 saturated carbocycles. The topological polar surface area (TPSA) is 243 Å². The summed E-state index contributed by atoms with van der Waals surface area (Å²) in [5.74, 6) is 0.514. The van der Waals surface area contributed by atoms with Gasteiger partial charge in [-0.15, -0.1) is 0 Å². The lowest BCUT2D eigenvalue weighted by molar-refractivity contribution is -0.510. The minimum atomic E-state index is -0.548. The van der Waals surface area contributed by atoms with Crippen LogP contribution < -0.4 is 31.9 Å². The van der Waals surface area contributed by atoms with Gasteiger partial charge < -0.3 is 20.7 Å². The van der Waals surface area contributed by atoms with Crippen LogP contribution in [-0.4, -0.2) is 68.5 Å². The van der Waals surface area contributed by atoms with Crippen molar-refractivity contribution in [1.82, 2.24) is 30.4 Å². The molecular formula is C38H40N12O7. The Morgan fingerprint density at radius 2 is 0.947 bits per heavy atom. The molecule has 0 atom stereocenters. The second-order valence-electron chi connectivity index (χ2n) is 12.3. The van der Waals surface area contributed by atoms with Crippen molar-refractivity contribution in [1.29, 1.82) is 0 Å². The number of nitrogens with zero attached hydrogens (tertiary/aromatic N) is 4. The Bertz CT molecular complexity index is 2120. The van der Waals surface area contributed by atoms with Gasteiger partial charge in [0, 0.05) is 22.7 Å². The fourth-order valence-corrected chi connectivity index (χ4v) is 5.19. The molecule has 2 heterocycles. The fraction of sp³-hybridized carbons (Fsp3) is 0.184. The molecule has 4 aromatic carbocycles. The standard InChI is InChI=1S/C38H40N12O7/c51-36(47-34-39-23-42-49-34)44-31-13-5-27(6-14-31)21-26-3-11-30(12-4-26)41-25-56-57-55-20-2-1-19-54-38(53)46-33-17-9-29(10-18-33)22-28-7-15-32(16-8-28)45-37(52)48-35-40-24-43-50-35/h3-18,23-24,41H,1-2,19-22,25H2,(H,46,53)(H3,39,42,44,47,49,51)(H3,40,43,45,48,50,52). The number of nitrogens with one attached hydrogen (secondary N) is 8. The number of aromatic amines is 2. The van der Waals surface area contributed by atoms with E-state index in [1.165, 1.54) is 12.7 Å². The van der Waals surface area contributed by atoms with E-state index < -0.39 is 18.2 Å². The summed E-state index contributed by atoms with van der Waals surface area (Å²) in [6, 6.07) is 29.5. The number of carbonyl (C=O) groups excluding carboxylic acids is 3. The summed E-state index contributed by atoms with van der Waals surface area (Å²) in [6.07, 6.45) is 4.62. The molecule has 19 nitrogen and oxygen atoms in total. The maximum atomic E-state index is 12.2. The molecule has 2 aromatic heterocycles. The number of unbranched alkanes of at least 4 members (excludes halogenated alkanes) is 1. The van der Waals surface area contributed by atoms with Crippen LogP contribution in [0, 0.1) is 0 Å². The summed E-state index contributed by atoms with van der Waals surface area (Å²) in [5.41, 5.74) is 7.05. The number of H-pyrrole nitrogens is 2. The molecule has 0 aliphatic rings. The Balaban J connectivity index is 0.762. The minimum absolute atomic E-state index is 0.0703. The molecule has 0 spiro atoms. The van der Waals surface area contributed by atoms with Gasteiger partial charge in [-0.2, -0.15) is 25.1 Å². The molecule has 0 unspecified atom stereocenters. The Hall–Kier alpha value is -7.35. The molecule has 0 fully saturated rings. The average molecular weight is 777 g/mol. The predicted molar refractivity (Wildman–Crippen MR) is 210 cm³/mol. The number of hydrogen-bond donors (Lipinski definition) is 8. The van der Waals surface area contributed by atoms with Crippen molar-refractivity contribution in [3.63, 3.8) is 0 Å². The number of rotatable bonds is 19. The van der Waals surface area contributed by atoms with Crippen LogP contribution in [-0.2, 0) is 32.4 Å². The fourth-order valence-electron chi connectivity index (χ4n) is 5.19. The van der Waals surface area contributed by atoms with Crippen LogP contribution in [0.2, 0.25) is 0 Å². The normalized spacial score (nSPS) is 10.7. The highest BCUT2D eigenvalue weighted by Gasteiger charge is 2.08. The lowest BCUT2D eigenvalue weighted by Gasteiger charge is -2.09. The Labute approximate surface area is 326 Å². The smallest absolute Gasteiger partial charge is 0.411 e. The van der Waals surface area contributed by atoms with Gasteiger partial charge in [0.15, 0.2) is 6.73 Å². The van der Waals surface area contributed by atoms with Crippen LogP contribution >= 0.6 is 0 Å². The van der Waals surface area contributed by atoms with Crippen LogP contribution in [0.1, 0.15) is 35.1 Å². The molecule has 294 valence electrons. The van der Waals surface area contributed by atoms with Gasteiger partial charge in [0.05, 0.1) is 13.2 Å². The summed E-state index contributed by atoms with van der Waals surface area (Å²) in [4.78, 5) is 54.0. The zero-order valence-corrected chi connectivity index (χ0v) is 30.5. The van der Waals surface area contributed by atoms with Gasteiger partial charge in [-0.1, -0.05) is 53.6 Å². The van der Waals surface area contributed by atoms with Crippen LogP contribution in [0.5, 0.6) is 0 Å². The second kappa shape index (κ2) is 20.9. The number of ether oxygens (including phenoxy) is 1. The molecule has 19 heteroatoms. The quantitative estimate of drug-likeness (QED) is 0.0186. The molecule has 0 bridgehead atoms. The molecule has 5 amide bonds. The summed E-state index contributed by atoms with van der Waals surface area (Å²) in [7, 11) is 0. The van der Waals surface area contributed by atoms with Gasteiger partial charge in [0.1, 0.15) is 12.7 Å². The highest BCUT2D eigenvalue weighted by atomic mass is 17.5. The lowest BCUT2D eigenvalue weighted by atomic mass is 10.0. The maximum Gasteiger partial charge on any atom is 0.411 e. The van der Waals surface area contributed by atoms with Crippen molar-refractivity contribution < 1.29 is 33.9 Å². The molecule has 6 aromatic rings. The number of aromatic nitrogens is 6. The number of amides is 5. The van der Waals surface area contributed by atoms with E-state index in [1.54, 1.807) is 0 Å². The van der Waals surface area contributed by atoms with Crippen molar-refractivity contribution in [3.05, 3.63) is 132 Å². The average Bonchev–Trinajstić information content (AvgIpc) is 3.93. The van der Waals surface area contributed by atoms with Gasteiger partial charge in [-0.25, -0.2) is 29.5 Å². The van der Waals surface area contributed by atoms with Crippen LogP contribution in [0.25, 0.3) is 0 Å². The lowest BCUT2D eigenvalue weighted by Crippen LogP contribution is -2.20. The molecule has 57 heavy (non-hydrogen) atoms. The third-order valence-electron chi connectivity index (χ3n) is 7.97. The van der Waals surface area contributed by atoms with Crippen molar-refractivity contribution in [3.8, 4) is 0 Å². The maximum absolute atomic E-state index is 12.2. The van der Waals surface area contributed by atoms with Crippen LogP contribution in [0.4, 0.5) is 49.0 Å². The predicted octanol–water partition coefficient (Wildman–Crippen LogP) is 6.67. The van der Waals surface area contributed by atoms with Crippen molar-refractivity contribution >= 4 is 52.8 Å². The van der Waals surface area contributed by atoms with E-state index in [0.717, 1.165) is 34.4 Å². The molecule has 0 radical (unpaired) electrons. The van der Waals surface area contributed by atoms with Gasteiger partial charge in [-0.3, -0.25) is 16.0 Å². The van der Waals surface area contributed by atoms with E-state index in [9.17, 15) is 14.4 Å².